The van der Waals surface area contributed by atoms with Gasteiger partial charge in [-0.25, -0.2) is 4.79 Å². The highest BCUT2D eigenvalue weighted by Crippen LogP contribution is 2.20. The van der Waals surface area contributed by atoms with Crippen LogP contribution in [0.15, 0.2) is 22.7 Å². The predicted molar refractivity (Wildman–Crippen MR) is 82.8 cm³/mol. The number of piperidine rings is 1. The van der Waals surface area contributed by atoms with Crippen LogP contribution in [0.3, 0.4) is 0 Å². The summed E-state index contributed by atoms with van der Waals surface area (Å²) in [5.41, 5.74) is 1.74. The van der Waals surface area contributed by atoms with Gasteiger partial charge in [-0.3, -0.25) is 0 Å². The summed E-state index contributed by atoms with van der Waals surface area (Å²) in [5, 5.41) is 3.59. The third-order valence-corrected chi connectivity index (χ3v) is 4.51. The summed E-state index contributed by atoms with van der Waals surface area (Å²) in [4.78, 5) is 13.8. The molecule has 0 atom stereocenters. The van der Waals surface area contributed by atoms with Gasteiger partial charge in [0.25, 0.3) is 0 Å². The first-order valence-electron chi connectivity index (χ1n) is 6.89. The van der Waals surface area contributed by atoms with E-state index in [2.05, 4.69) is 33.2 Å². The molecular weight excluding hydrogens is 320 g/mol. The molecular formula is C15H21BrN2O2. The number of hydrogen-bond donors (Lipinski definition) is 1. The van der Waals surface area contributed by atoms with E-state index >= 15 is 0 Å². The van der Waals surface area contributed by atoms with E-state index in [0.717, 1.165) is 29.7 Å². The Labute approximate surface area is 128 Å². The van der Waals surface area contributed by atoms with E-state index in [1.165, 1.54) is 20.0 Å². The number of carbonyl (C=O) groups is 1. The fourth-order valence-corrected chi connectivity index (χ4v) is 2.92. The second-order valence-electron chi connectivity index (χ2n) is 5.26. The van der Waals surface area contributed by atoms with Crippen LogP contribution < -0.4 is 5.32 Å². The molecule has 1 N–H and O–H groups in total. The molecule has 0 radical (unpaired) electrons. The minimum absolute atomic E-state index is 0.305. The lowest BCUT2D eigenvalue weighted by molar-refractivity contribution is 0.0600. The molecule has 0 unspecified atom stereocenters. The molecule has 20 heavy (non-hydrogen) atoms. The fourth-order valence-electron chi connectivity index (χ4n) is 2.40. The smallest absolute Gasteiger partial charge is 0.337 e. The summed E-state index contributed by atoms with van der Waals surface area (Å²) in [6.45, 7) is 3.12. The van der Waals surface area contributed by atoms with E-state index in [1.54, 1.807) is 0 Å². The number of benzene rings is 1. The Balaban J connectivity index is 1.91. The highest BCUT2D eigenvalue weighted by Gasteiger charge is 2.16. The lowest BCUT2D eigenvalue weighted by Crippen LogP contribution is -2.40. The van der Waals surface area contributed by atoms with Crippen LogP contribution in [-0.4, -0.2) is 44.2 Å². The van der Waals surface area contributed by atoms with Gasteiger partial charge in [0.05, 0.1) is 12.7 Å². The Morgan fingerprint density at radius 2 is 2.15 bits per heavy atom. The number of carbonyl (C=O) groups excluding carboxylic acids is 1. The van der Waals surface area contributed by atoms with Crippen molar-refractivity contribution in [2.75, 3.05) is 27.2 Å². The summed E-state index contributed by atoms with van der Waals surface area (Å²) in [7, 11) is 3.56. The summed E-state index contributed by atoms with van der Waals surface area (Å²) in [5.74, 6) is -0.305. The van der Waals surface area contributed by atoms with Gasteiger partial charge in [-0.1, -0.05) is 22.0 Å². The lowest BCUT2D eigenvalue weighted by Gasteiger charge is -2.29. The van der Waals surface area contributed by atoms with Crippen LogP contribution in [0.25, 0.3) is 0 Å². The molecule has 0 spiro atoms. The van der Waals surface area contributed by atoms with Gasteiger partial charge in [0.2, 0.25) is 0 Å². The molecule has 0 saturated carbocycles. The van der Waals surface area contributed by atoms with Crippen LogP contribution in [-0.2, 0) is 11.3 Å². The van der Waals surface area contributed by atoms with E-state index in [1.807, 2.05) is 18.2 Å². The van der Waals surface area contributed by atoms with E-state index in [9.17, 15) is 4.79 Å². The quantitative estimate of drug-likeness (QED) is 0.854. The van der Waals surface area contributed by atoms with Crippen molar-refractivity contribution in [2.24, 2.45) is 0 Å². The van der Waals surface area contributed by atoms with Gasteiger partial charge in [0, 0.05) is 17.1 Å². The molecule has 0 aromatic heterocycles. The van der Waals surface area contributed by atoms with Gasteiger partial charge < -0.3 is 15.0 Å². The van der Waals surface area contributed by atoms with Crippen molar-refractivity contribution >= 4 is 21.9 Å². The molecule has 0 amide bonds. The maximum Gasteiger partial charge on any atom is 0.337 e. The number of halogens is 1. The number of likely N-dealkylation sites (tertiary alicyclic amines) is 1. The summed E-state index contributed by atoms with van der Waals surface area (Å²) < 4.78 is 5.66. The molecule has 1 aromatic rings. The van der Waals surface area contributed by atoms with Gasteiger partial charge in [0.15, 0.2) is 0 Å². The van der Waals surface area contributed by atoms with Gasteiger partial charge in [0.1, 0.15) is 0 Å². The highest BCUT2D eigenvalue weighted by atomic mass is 79.9. The zero-order valence-electron chi connectivity index (χ0n) is 12.0. The third-order valence-electron chi connectivity index (χ3n) is 3.77. The van der Waals surface area contributed by atoms with Crippen LogP contribution in [0, 0.1) is 0 Å². The Hall–Kier alpha value is -0.910. The molecule has 1 aromatic carbocycles. The summed E-state index contributed by atoms with van der Waals surface area (Å²) >= 11 is 3.52. The van der Waals surface area contributed by atoms with Gasteiger partial charge in [-0.2, -0.15) is 0 Å². The normalized spacial score (nSPS) is 17.1. The Bertz CT molecular complexity index is 471. The Kier molecular flexibility index (Phi) is 5.57. The van der Waals surface area contributed by atoms with Crippen molar-refractivity contribution in [3.05, 3.63) is 33.8 Å². The van der Waals surface area contributed by atoms with E-state index < -0.39 is 0 Å². The van der Waals surface area contributed by atoms with Crippen LogP contribution >= 0.6 is 15.9 Å². The minimum atomic E-state index is -0.305. The standard InChI is InChI=1S/C15H21BrN2O2/c1-18-7-5-13(6-8-18)17-10-12-4-3-11(9-14(12)16)15(19)20-2/h3-4,9,13,17H,5-8,10H2,1-2H3. The Morgan fingerprint density at radius 3 is 2.75 bits per heavy atom. The van der Waals surface area contributed by atoms with Gasteiger partial charge in [-0.15, -0.1) is 0 Å². The molecule has 2 rings (SSSR count). The number of esters is 1. The molecule has 110 valence electrons. The number of nitrogens with zero attached hydrogens (tertiary/aromatic N) is 1. The fraction of sp³-hybridized carbons (Fsp3) is 0.533. The second-order valence-corrected chi connectivity index (χ2v) is 6.11. The van der Waals surface area contributed by atoms with Crippen molar-refractivity contribution in [2.45, 2.75) is 25.4 Å². The van der Waals surface area contributed by atoms with Crippen LogP contribution in [0.4, 0.5) is 0 Å². The number of nitrogens with one attached hydrogen (secondary N) is 1. The average molecular weight is 341 g/mol. The van der Waals surface area contributed by atoms with E-state index in [-0.39, 0.29) is 5.97 Å². The van der Waals surface area contributed by atoms with E-state index in [0.29, 0.717) is 11.6 Å². The van der Waals surface area contributed by atoms with Crippen LogP contribution in [0.2, 0.25) is 0 Å². The van der Waals surface area contributed by atoms with Crippen LogP contribution in [0.5, 0.6) is 0 Å². The third kappa shape index (κ3) is 4.04. The molecule has 1 heterocycles. The molecule has 5 heteroatoms. The largest absolute Gasteiger partial charge is 0.465 e. The van der Waals surface area contributed by atoms with Crippen molar-refractivity contribution in [1.29, 1.82) is 0 Å². The van der Waals surface area contributed by atoms with Crippen molar-refractivity contribution < 1.29 is 9.53 Å². The molecule has 0 aliphatic carbocycles. The molecule has 0 bridgehead atoms. The zero-order valence-corrected chi connectivity index (χ0v) is 13.6. The van der Waals surface area contributed by atoms with E-state index in [4.69, 9.17) is 4.74 Å². The topological polar surface area (TPSA) is 41.6 Å². The molecule has 1 aliphatic rings. The van der Waals surface area contributed by atoms with Crippen molar-refractivity contribution in [3.8, 4) is 0 Å². The van der Waals surface area contributed by atoms with Crippen molar-refractivity contribution in [1.82, 2.24) is 10.2 Å². The number of rotatable bonds is 4. The zero-order chi connectivity index (χ0) is 14.5. The first-order chi connectivity index (χ1) is 9.60. The molecule has 4 nitrogen and oxygen atoms in total. The summed E-state index contributed by atoms with van der Waals surface area (Å²) in [6, 6.07) is 6.18. The highest BCUT2D eigenvalue weighted by molar-refractivity contribution is 9.10. The van der Waals surface area contributed by atoms with Crippen molar-refractivity contribution in [3.63, 3.8) is 0 Å². The number of hydrogen-bond acceptors (Lipinski definition) is 4. The predicted octanol–water partition coefficient (Wildman–Crippen LogP) is 2.42. The maximum atomic E-state index is 11.4. The first kappa shape index (κ1) is 15.5. The minimum Gasteiger partial charge on any atom is -0.465 e. The summed E-state index contributed by atoms with van der Waals surface area (Å²) in [6.07, 6.45) is 2.38. The van der Waals surface area contributed by atoms with Gasteiger partial charge >= 0.3 is 5.97 Å². The monoisotopic (exact) mass is 340 g/mol. The molecule has 1 aliphatic heterocycles. The van der Waals surface area contributed by atoms with Crippen LogP contribution in [0.1, 0.15) is 28.8 Å². The number of ether oxygens (including phenoxy) is 1. The molecule has 1 fully saturated rings. The van der Waals surface area contributed by atoms with Gasteiger partial charge in [-0.05, 0) is 50.7 Å². The Morgan fingerprint density at radius 1 is 1.45 bits per heavy atom. The average Bonchev–Trinajstić information content (AvgIpc) is 2.46. The first-order valence-corrected chi connectivity index (χ1v) is 7.68. The lowest BCUT2D eigenvalue weighted by atomic mass is 10.0. The maximum absolute atomic E-state index is 11.4. The SMILES string of the molecule is COC(=O)c1ccc(CNC2CCN(C)CC2)c(Br)c1. The molecule has 1 saturated heterocycles. The number of methoxy groups -OCH3 is 1. The second kappa shape index (κ2) is 7.20.